The second-order valence-corrected chi connectivity index (χ2v) is 7.75. The van der Waals surface area contributed by atoms with E-state index in [1.54, 1.807) is 5.56 Å². The fourth-order valence-corrected chi connectivity index (χ4v) is 5.63. The van der Waals surface area contributed by atoms with E-state index in [1.165, 1.54) is 36.6 Å². The van der Waals surface area contributed by atoms with Crippen molar-refractivity contribution in [3.63, 3.8) is 0 Å². The van der Waals surface area contributed by atoms with Crippen LogP contribution in [0.2, 0.25) is 0 Å². The van der Waals surface area contributed by atoms with Gasteiger partial charge in [-0.05, 0) is 73.0 Å². The minimum atomic E-state index is 0.455. The molecule has 0 aliphatic heterocycles. The van der Waals surface area contributed by atoms with Gasteiger partial charge in [0.05, 0.1) is 0 Å². The highest BCUT2D eigenvalue weighted by atomic mass is 79.9. The molecular formula is C16H20BrN. The number of halogens is 1. The minimum absolute atomic E-state index is 0.455. The zero-order valence-corrected chi connectivity index (χ0v) is 12.2. The van der Waals surface area contributed by atoms with Gasteiger partial charge in [0.15, 0.2) is 0 Å². The molecule has 0 spiro atoms. The first kappa shape index (κ1) is 11.5. The van der Waals surface area contributed by atoms with Crippen molar-refractivity contribution < 1.29 is 0 Å². The van der Waals surface area contributed by atoms with Gasteiger partial charge < -0.3 is 5.73 Å². The second kappa shape index (κ2) is 3.83. The highest BCUT2D eigenvalue weighted by Crippen LogP contribution is 2.60. The Morgan fingerprint density at radius 2 is 1.83 bits per heavy atom. The summed E-state index contributed by atoms with van der Waals surface area (Å²) >= 11 is 3.63. The molecule has 96 valence electrons. The normalized spacial score (nSPS) is 45.4. The zero-order chi connectivity index (χ0) is 12.3. The van der Waals surface area contributed by atoms with Gasteiger partial charge in [-0.1, -0.05) is 28.1 Å². The van der Waals surface area contributed by atoms with Crippen molar-refractivity contribution in [2.24, 2.45) is 23.5 Å². The lowest BCUT2D eigenvalue weighted by molar-refractivity contribution is -0.0226. The summed E-state index contributed by atoms with van der Waals surface area (Å²) in [6.45, 7) is 0. The largest absolute Gasteiger partial charge is 0.327 e. The molecule has 4 bridgehead atoms. The van der Waals surface area contributed by atoms with Crippen molar-refractivity contribution in [1.29, 1.82) is 0 Å². The Morgan fingerprint density at radius 3 is 2.50 bits per heavy atom. The first-order valence-electron chi connectivity index (χ1n) is 7.18. The molecule has 2 atom stereocenters. The van der Waals surface area contributed by atoms with Gasteiger partial charge in [0.1, 0.15) is 0 Å². The first-order chi connectivity index (χ1) is 8.66. The van der Waals surface area contributed by atoms with E-state index in [9.17, 15) is 0 Å². The maximum atomic E-state index is 6.42. The van der Waals surface area contributed by atoms with Crippen LogP contribution in [0.5, 0.6) is 0 Å². The Bertz CT molecular complexity index is 468. The number of benzene rings is 1. The molecule has 0 aromatic heterocycles. The van der Waals surface area contributed by atoms with Crippen LogP contribution in [0.15, 0.2) is 28.7 Å². The SMILES string of the molecule is NC1C2CC3CC1CC(c1cccc(Br)c1)(C3)C2. The summed E-state index contributed by atoms with van der Waals surface area (Å²) < 4.78 is 1.22. The van der Waals surface area contributed by atoms with Crippen LogP contribution in [0.4, 0.5) is 0 Å². The van der Waals surface area contributed by atoms with E-state index in [4.69, 9.17) is 5.73 Å². The molecule has 5 rings (SSSR count). The Balaban J connectivity index is 1.76. The Kier molecular flexibility index (Phi) is 2.44. The van der Waals surface area contributed by atoms with Crippen molar-refractivity contribution in [1.82, 2.24) is 0 Å². The average molecular weight is 306 g/mol. The van der Waals surface area contributed by atoms with Crippen LogP contribution in [0.1, 0.15) is 37.7 Å². The molecule has 4 aliphatic carbocycles. The van der Waals surface area contributed by atoms with Crippen LogP contribution in [-0.2, 0) is 5.41 Å². The van der Waals surface area contributed by atoms with E-state index < -0.39 is 0 Å². The van der Waals surface area contributed by atoms with Crippen LogP contribution in [0.25, 0.3) is 0 Å². The smallest absolute Gasteiger partial charge is 0.0178 e. The standard InChI is InChI=1S/C16H20BrN/c17-14-3-1-2-13(6-14)16-7-10-4-11(8-16)15(18)12(5-10)9-16/h1-3,6,10-12,15H,4-5,7-9,18H2. The molecule has 18 heavy (non-hydrogen) atoms. The molecule has 1 aromatic rings. The molecule has 1 nitrogen and oxygen atoms in total. The van der Waals surface area contributed by atoms with Crippen molar-refractivity contribution in [2.45, 2.75) is 43.6 Å². The van der Waals surface area contributed by atoms with Gasteiger partial charge in [-0.15, -0.1) is 0 Å². The lowest BCUT2D eigenvalue weighted by Crippen LogP contribution is -2.58. The Hall–Kier alpha value is -0.340. The van der Waals surface area contributed by atoms with E-state index >= 15 is 0 Å². The van der Waals surface area contributed by atoms with E-state index in [2.05, 4.69) is 40.2 Å². The van der Waals surface area contributed by atoms with Crippen molar-refractivity contribution in [3.05, 3.63) is 34.3 Å². The molecule has 0 amide bonds. The molecule has 2 unspecified atom stereocenters. The van der Waals surface area contributed by atoms with E-state index in [0.717, 1.165) is 17.8 Å². The van der Waals surface area contributed by atoms with Gasteiger partial charge in [0.2, 0.25) is 0 Å². The van der Waals surface area contributed by atoms with E-state index in [-0.39, 0.29) is 0 Å². The van der Waals surface area contributed by atoms with Crippen LogP contribution in [0, 0.1) is 17.8 Å². The molecule has 0 saturated heterocycles. The fourth-order valence-electron chi connectivity index (χ4n) is 5.24. The van der Waals surface area contributed by atoms with Gasteiger partial charge >= 0.3 is 0 Å². The number of rotatable bonds is 1. The van der Waals surface area contributed by atoms with E-state index in [0.29, 0.717) is 11.5 Å². The molecule has 1 aromatic carbocycles. The van der Waals surface area contributed by atoms with Crippen molar-refractivity contribution in [2.75, 3.05) is 0 Å². The third-order valence-corrected chi connectivity index (χ3v) is 6.28. The average Bonchev–Trinajstić information content (AvgIpc) is 2.35. The molecular weight excluding hydrogens is 286 g/mol. The third kappa shape index (κ3) is 1.55. The maximum Gasteiger partial charge on any atom is 0.0178 e. The third-order valence-electron chi connectivity index (χ3n) is 5.78. The highest BCUT2D eigenvalue weighted by molar-refractivity contribution is 9.10. The number of nitrogens with two attached hydrogens (primary N) is 1. The molecule has 4 fully saturated rings. The minimum Gasteiger partial charge on any atom is -0.327 e. The van der Waals surface area contributed by atoms with E-state index in [1.807, 2.05) is 0 Å². The summed E-state index contributed by atoms with van der Waals surface area (Å²) in [6.07, 6.45) is 6.86. The summed E-state index contributed by atoms with van der Waals surface area (Å²) in [6, 6.07) is 9.50. The molecule has 2 N–H and O–H groups in total. The fraction of sp³-hybridized carbons (Fsp3) is 0.625. The lowest BCUT2D eigenvalue weighted by atomic mass is 9.46. The summed E-state index contributed by atoms with van der Waals surface area (Å²) in [4.78, 5) is 0. The summed E-state index contributed by atoms with van der Waals surface area (Å²) in [5.74, 6) is 2.52. The predicted molar refractivity (Wildman–Crippen MR) is 77.4 cm³/mol. The number of hydrogen-bond donors (Lipinski definition) is 1. The van der Waals surface area contributed by atoms with Crippen LogP contribution in [0.3, 0.4) is 0 Å². The molecule has 4 aliphatic rings. The van der Waals surface area contributed by atoms with Crippen LogP contribution < -0.4 is 5.73 Å². The Morgan fingerprint density at radius 1 is 1.11 bits per heavy atom. The van der Waals surface area contributed by atoms with Crippen LogP contribution >= 0.6 is 15.9 Å². The van der Waals surface area contributed by atoms with Crippen molar-refractivity contribution >= 4 is 15.9 Å². The number of hydrogen-bond acceptors (Lipinski definition) is 1. The topological polar surface area (TPSA) is 26.0 Å². The van der Waals surface area contributed by atoms with Gasteiger partial charge in [0, 0.05) is 10.5 Å². The maximum absolute atomic E-state index is 6.42. The van der Waals surface area contributed by atoms with Crippen molar-refractivity contribution in [3.8, 4) is 0 Å². The molecule has 0 radical (unpaired) electrons. The Labute approximate surface area is 117 Å². The second-order valence-electron chi connectivity index (χ2n) is 6.84. The molecule has 0 heterocycles. The van der Waals surface area contributed by atoms with Gasteiger partial charge in [-0.25, -0.2) is 0 Å². The highest BCUT2D eigenvalue weighted by Gasteiger charge is 2.54. The summed E-state index contributed by atoms with van der Waals surface area (Å²) in [5.41, 5.74) is 8.44. The quantitative estimate of drug-likeness (QED) is 0.838. The first-order valence-corrected chi connectivity index (χ1v) is 7.97. The predicted octanol–water partition coefficient (Wildman–Crippen LogP) is 3.85. The van der Waals surface area contributed by atoms with Crippen LogP contribution in [-0.4, -0.2) is 6.04 Å². The summed E-state index contributed by atoms with van der Waals surface area (Å²) in [5, 5.41) is 0. The lowest BCUT2D eigenvalue weighted by Gasteiger charge is -2.59. The molecule has 2 heteroatoms. The van der Waals surface area contributed by atoms with Gasteiger partial charge in [-0.3, -0.25) is 0 Å². The summed E-state index contributed by atoms with van der Waals surface area (Å²) in [7, 11) is 0. The van der Waals surface area contributed by atoms with Gasteiger partial charge in [0.25, 0.3) is 0 Å². The molecule has 4 saturated carbocycles. The van der Waals surface area contributed by atoms with Gasteiger partial charge in [-0.2, -0.15) is 0 Å². The monoisotopic (exact) mass is 305 g/mol. The zero-order valence-electron chi connectivity index (χ0n) is 10.6.